The fraction of sp³-hybridized carbons (Fsp3) is 0.167. The number of nitriles is 1. The normalized spacial score (nSPS) is 10.7. The molecule has 2 heterocycles. The topological polar surface area (TPSA) is 58.7 Å². The molecule has 0 spiro atoms. The van der Waals surface area contributed by atoms with Crippen LogP contribution in [0.4, 0.5) is 4.39 Å². The number of pyridine rings is 1. The van der Waals surface area contributed by atoms with E-state index >= 15 is 0 Å². The largest absolute Gasteiger partial charge is 0.325 e. The number of nitrogens with zero attached hydrogens (tertiary/aromatic N) is 3. The van der Waals surface area contributed by atoms with Crippen LogP contribution in [0.15, 0.2) is 42.6 Å². The van der Waals surface area contributed by atoms with Crippen molar-refractivity contribution < 1.29 is 9.18 Å². The Labute approximate surface area is 133 Å². The van der Waals surface area contributed by atoms with Crippen molar-refractivity contribution in [1.29, 1.82) is 5.26 Å². The number of aryl methyl sites for hydroxylation is 1. The highest BCUT2D eigenvalue weighted by Crippen LogP contribution is 2.28. The van der Waals surface area contributed by atoms with Gasteiger partial charge in [0.05, 0.1) is 19.0 Å². The van der Waals surface area contributed by atoms with Crippen molar-refractivity contribution in [1.82, 2.24) is 9.55 Å². The maximum absolute atomic E-state index is 13.0. The lowest BCUT2D eigenvalue weighted by molar-refractivity contribution is 0.0972. The van der Waals surface area contributed by atoms with E-state index in [1.807, 2.05) is 19.1 Å². The van der Waals surface area contributed by atoms with Crippen LogP contribution in [0.25, 0.3) is 11.4 Å². The predicted molar refractivity (Wildman–Crippen MR) is 83.6 cm³/mol. The number of benzene rings is 1. The van der Waals surface area contributed by atoms with Crippen LogP contribution in [0, 0.1) is 24.1 Å². The number of carbonyl (C=O) groups excluding carboxylic acids is 1. The number of hydrogen-bond acceptors (Lipinski definition) is 3. The number of Topliss-reactive ketones (excluding diaryl/α,β-unsaturated/α-hetero) is 1. The zero-order valence-electron chi connectivity index (χ0n) is 12.6. The quantitative estimate of drug-likeness (QED) is 0.694. The summed E-state index contributed by atoms with van der Waals surface area (Å²) in [6.45, 7) is 1.98. The van der Waals surface area contributed by atoms with E-state index in [0.29, 0.717) is 11.4 Å². The molecule has 3 rings (SSSR count). The van der Waals surface area contributed by atoms with Gasteiger partial charge in [0.25, 0.3) is 0 Å². The van der Waals surface area contributed by atoms with Gasteiger partial charge < -0.3 is 4.57 Å². The van der Waals surface area contributed by atoms with Crippen LogP contribution in [-0.4, -0.2) is 15.3 Å². The van der Waals surface area contributed by atoms with Crippen LogP contribution in [-0.2, 0) is 13.0 Å². The molecule has 1 aromatic carbocycles. The molecule has 0 bridgehead atoms. The molecule has 5 heteroatoms. The molecular formula is C18H14FN3O. The predicted octanol–water partition coefficient (Wildman–Crippen LogP) is 3.38. The number of halogens is 1. The third-order valence-corrected chi connectivity index (χ3v) is 3.81. The molecule has 0 aromatic heterocycles. The summed E-state index contributed by atoms with van der Waals surface area (Å²) in [5, 5.41) is 8.94. The summed E-state index contributed by atoms with van der Waals surface area (Å²) >= 11 is 0. The molecule has 0 unspecified atom stereocenters. The molecule has 0 aliphatic carbocycles. The Morgan fingerprint density at radius 2 is 2.04 bits per heavy atom. The zero-order valence-corrected chi connectivity index (χ0v) is 12.6. The summed E-state index contributed by atoms with van der Waals surface area (Å²) < 4.78 is 14.7. The van der Waals surface area contributed by atoms with E-state index in [1.165, 1.54) is 24.3 Å². The zero-order chi connectivity index (χ0) is 16.4. The third kappa shape index (κ3) is 2.84. The molecule has 23 heavy (non-hydrogen) atoms. The molecule has 114 valence electrons. The fourth-order valence-electron chi connectivity index (χ4n) is 2.64. The van der Waals surface area contributed by atoms with Crippen molar-refractivity contribution in [3.8, 4) is 17.5 Å². The summed E-state index contributed by atoms with van der Waals surface area (Å²) in [6, 6.07) is 11.4. The molecule has 0 saturated heterocycles. The molecule has 0 fully saturated rings. The van der Waals surface area contributed by atoms with Gasteiger partial charge in [-0.05, 0) is 48.9 Å². The standard InChI is InChI=1S/C18H14FN3O/c1-12-15(8-9-20)16-3-2-10-22(18(16)21-12)11-17(23)13-4-6-14(19)7-5-13/h2-7,10H,8,11H2,1H3. The molecule has 0 N–H and O–H groups in total. The number of fused-ring (bicyclic) bond motifs is 1. The van der Waals surface area contributed by atoms with E-state index < -0.39 is 0 Å². The fourth-order valence-corrected chi connectivity index (χ4v) is 2.64. The van der Waals surface area contributed by atoms with Crippen LogP contribution < -0.4 is 0 Å². The van der Waals surface area contributed by atoms with E-state index in [9.17, 15) is 9.18 Å². The molecule has 0 amide bonds. The average Bonchev–Trinajstić information content (AvgIpc) is 2.86. The van der Waals surface area contributed by atoms with Gasteiger partial charge in [-0.25, -0.2) is 9.37 Å². The van der Waals surface area contributed by atoms with Gasteiger partial charge in [-0.1, -0.05) is 0 Å². The Morgan fingerprint density at radius 1 is 1.30 bits per heavy atom. The van der Waals surface area contributed by atoms with Gasteiger partial charge >= 0.3 is 0 Å². The van der Waals surface area contributed by atoms with Crippen molar-refractivity contribution in [3.05, 3.63) is 65.2 Å². The smallest absolute Gasteiger partial charge is 0.182 e. The average molecular weight is 307 g/mol. The second-order valence-electron chi connectivity index (χ2n) is 5.31. The van der Waals surface area contributed by atoms with E-state index in [2.05, 4.69) is 11.1 Å². The van der Waals surface area contributed by atoms with Gasteiger partial charge in [-0.15, -0.1) is 0 Å². The van der Waals surface area contributed by atoms with Crippen molar-refractivity contribution in [2.24, 2.45) is 0 Å². The van der Waals surface area contributed by atoms with Crippen LogP contribution >= 0.6 is 0 Å². The Balaban J connectivity index is 1.93. The highest BCUT2D eigenvalue weighted by molar-refractivity contribution is 5.96. The molecule has 0 atom stereocenters. The van der Waals surface area contributed by atoms with Gasteiger partial charge in [-0.2, -0.15) is 5.26 Å². The number of aromatic nitrogens is 2. The Hall–Kier alpha value is -3.00. The first-order valence-corrected chi connectivity index (χ1v) is 7.20. The highest BCUT2D eigenvalue weighted by atomic mass is 19.1. The third-order valence-electron chi connectivity index (χ3n) is 3.81. The molecule has 2 aliphatic heterocycles. The first kappa shape index (κ1) is 14.9. The summed E-state index contributed by atoms with van der Waals surface area (Å²) in [7, 11) is 0. The van der Waals surface area contributed by atoms with Crippen LogP contribution in [0.3, 0.4) is 0 Å². The lowest BCUT2D eigenvalue weighted by Gasteiger charge is -2.11. The lowest BCUT2D eigenvalue weighted by Crippen LogP contribution is -2.13. The highest BCUT2D eigenvalue weighted by Gasteiger charge is 2.19. The minimum atomic E-state index is -0.370. The molecule has 1 aromatic rings. The molecule has 4 nitrogen and oxygen atoms in total. The first-order valence-electron chi connectivity index (χ1n) is 7.20. The van der Waals surface area contributed by atoms with Crippen LogP contribution in [0.2, 0.25) is 0 Å². The lowest BCUT2D eigenvalue weighted by atomic mass is 10.1. The van der Waals surface area contributed by atoms with Crippen molar-refractivity contribution in [2.75, 3.05) is 0 Å². The second kappa shape index (κ2) is 6.01. The molecule has 2 aliphatic rings. The molecule has 0 saturated carbocycles. The Bertz CT molecular complexity index is 874. The van der Waals surface area contributed by atoms with Gasteiger partial charge in [0.15, 0.2) is 5.78 Å². The molecule has 0 radical (unpaired) electrons. The maximum Gasteiger partial charge on any atom is 0.182 e. The number of ketones is 1. The summed E-state index contributed by atoms with van der Waals surface area (Å²) in [5.41, 5.74) is 3.04. The second-order valence-corrected chi connectivity index (χ2v) is 5.31. The SMILES string of the molecule is Cc1nc2n(CC(=O)c3ccc(F)cc3)cccc-2c1CC#N. The minimum absolute atomic E-state index is 0.116. The van der Waals surface area contributed by atoms with E-state index in [1.54, 1.807) is 10.8 Å². The van der Waals surface area contributed by atoms with E-state index in [-0.39, 0.29) is 24.6 Å². The van der Waals surface area contributed by atoms with Crippen LogP contribution in [0.1, 0.15) is 21.6 Å². The van der Waals surface area contributed by atoms with E-state index in [4.69, 9.17) is 5.26 Å². The number of hydrogen-bond donors (Lipinski definition) is 0. The van der Waals surface area contributed by atoms with Gasteiger partial charge in [0, 0.05) is 23.0 Å². The van der Waals surface area contributed by atoms with Crippen molar-refractivity contribution in [2.45, 2.75) is 19.9 Å². The van der Waals surface area contributed by atoms with E-state index in [0.717, 1.165) is 16.8 Å². The minimum Gasteiger partial charge on any atom is -0.325 e. The maximum atomic E-state index is 13.0. The summed E-state index contributed by atoms with van der Waals surface area (Å²) in [4.78, 5) is 16.9. The summed E-state index contributed by atoms with van der Waals surface area (Å²) in [5.74, 6) is 0.196. The molecular weight excluding hydrogens is 293 g/mol. The number of carbonyl (C=O) groups is 1. The van der Waals surface area contributed by atoms with Crippen molar-refractivity contribution in [3.63, 3.8) is 0 Å². The number of rotatable bonds is 4. The Morgan fingerprint density at radius 3 is 2.74 bits per heavy atom. The first-order chi connectivity index (χ1) is 11.1. The Kier molecular flexibility index (Phi) is 3.90. The van der Waals surface area contributed by atoms with Gasteiger partial charge in [0.2, 0.25) is 0 Å². The van der Waals surface area contributed by atoms with Gasteiger partial charge in [0.1, 0.15) is 11.6 Å². The summed E-state index contributed by atoms with van der Waals surface area (Å²) in [6.07, 6.45) is 2.07. The monoisotopic (exact) mass is 307 g/mol. The van der Waals surface area contributed by atoms with Crippen molar-refractivity contribution >= 4 is 5.78 Å². The van der Waals surface area contributed by atoms with Gasteiger partial charge in [-0.3, -0.25) is 4.79 Å². The van der Waals surface area contributed by atoms with Crippen LogP contribution in [0.5, 0.6) is 0 Å².